The number of fused-ring (bicyclic) bond motifs is 1. The van der Waals surface area contributed by atoms with Crippen molar-refractivity contribution in [1.82, 2.24) is 10.3 Å². The van der Waals surface area contributed by atoms with Crippen molar-refractivity contribution >= 4 is 53.0 Å². The molecule has 1 aromatic heterocycles. The number of ether oxygens (including phenoxy) is 1. The van der Waals surface area contributed by atoms with Crippen LogP contribution in [0.15, 0.2) is 36.4 Å². The molecule has 150 valence electrons. The van der Waals surface area contributed by atoms with E-state index in [9.17, 15) is 9.59 Å². The maximum atomic E-state index is 13.0. The summed E-state index contributed by atoms with van der Waals surface area (Å²) in [5.74, 6) is 0.147. The van der Waals surface area contributed by atoms with E-state index in [4.69, 9.17) is 16.3 Å². The Balaban J connectivity index is 0.00000280. The molecule has 1 aromatic carbocycles. The van der Waals surface area contributed by atoms with Gasteiger partial charge in [-0.15, -0.1) is 12.4 Å². The number of amides is 2. The zero-order valence-corrected chi connectivity index (χ0v) is 17.5. The molecule has 0 bridgehead atoms. The Labute approximate surface area is 174 Å². The first-order chi connectivity index (χ1) is 12.7. The molecule has 2 amide bonds. The fourth-order valence-corrected chi connectivity index (χ4v) is 2.83. The maximum absolute atomic E-state index is 13.0. The fourth-order valence-electron chi connectivity index (χ4n) is 2.65. The van der Waals surface area contributed by atoms with Crippen molar-refractivity contribution in [2.24, 2.45) is 0 Å². The van der Waals surface area contributed by atoms with Crippen molar-refractivity contribution in [2.45, 2.75) is 32.4 Å². The maximum Gasteiger partial charge on any atom is 0.275 e. The molecule has 0 saturated heterocycles. The van der Waals surface area contributed by atoms with E-state index in [1.54, 1.807) is 64.2 Å². The molecule has 2 N–H and O–H groups in total. The van der Waals surface area contributed by atoms with E-state index in [1.807, 2.05) is 0 Å². The van der Waals surface area contributed by atoms with E-state index in [1.165, 1.54) is 4.90 Å². The zero-order valence-electron chi connectivity index (χ0n) is 15.9. The molecule has 2 aromatic rings. The van der Waals surface area contributed by atoms with E-state index in [0.29, 0.717) is 22.2 Å². The summed E-state index contributed by atoms with van der Waals surface area (Å²) in [6.45, 7) is 5.09. The van der Waals surface area contributed by atoms with Crippen molar-refractivity contribution in [3.63, 3.8) is 0 Å². The summed E-state index contributed by atoms with van der Waals surface area (Å²) in [7, 11) is 1.70. The van der Waals surface area contributed by atoms with Crippen molar-refractivity contribution in [3.8, 4) is 5.88 Å². The van der Waals surface area contributed by atoms with E-state index in [-0.39, 0.29) is 36.1 Å². The van der Waals surface area contributed by atoms with Crippen LogP contribution < -0.4 is 20.3 Å². The van der Waals surface area contributed by atoms with Crippen molar-refractivity contribution in [3.05, 3.63) is 41.4 Å². The van der Waals surface area contributed by atoms with Gasteiger partial charge >= 0.3 is 0 Å². The third-order valence-electron chi connectivity index (χ3n) is 4.30. The Hall–Kier alpha value is -2.35. The number of anilines is 3. The number of nitrogens with one attached hydrogen (secondary N) is 2. The lowest BCUT2D eigenvalue weighted by Gasteiger charge is -2.38. The van der Waals surface area contributed by atoms with Crippen LogP contribution in [0.2, 0.25) is 5.02 Å². The summed E-state index contributed by atoms with van der Waals surface area (Å²) >= 11 is 6.10. The average Bonchev–Trinajstić information content (AvgIpc) is 2.61. The van der Waals surface area contributed by atoms with Crippen molar-refractivity contribution in [2.75, 3.05) is 17.3 Å². The Morgan fingerprint density at radius 2 is 2.00 bits per heavy atom. The van der Waals surface area contributed by atoms with Gasteiger partial charge in [-0.05, 0) is 58.2 Å². The second-order valence-electron chi connectivity index (χ2n) is 6.75. The van der Waals surface area contributed by atoms with Crippen LogP contribution in [0, 0.1) is 0 Å². The van der Waals surface area contributed by atoms with Gasteiger partial charge in [-0.2, -0.15) is 4.98 Å². The minimum atomic E-state index is -1.12. The number of pyridine rings is 1. The predicted octanol–water partition coefficient (Wildman–Crippen LogP) is 3.54. The SMILES string of the molecule is CNC(C)C(=O)Nc1ccc2c(n1)OC(C)(C)C(=O)N2c1cccc(Cl)c1.Cl. The Morgan fingerprint density at radius 3 is 2.64 bits per heavy atom. The average molecular weight is 425 g/mol. The lowest BCUT2D eigenvalue weighted by molar-refractivity contribution is -0.132. The number of benzene rings is 1. The summed E-state index contributed by atoms with van der Waals surface area (Å²) in [4.78, 5) is 31.0. The molecule has 1 aliphatic rings. The summed E-state index contributed by atoms with van der Waals surface area (Å²) in [6.07, 6.45) is 0. The number of halogens is 2. The van der Waals surface area contributed by atoms with Crippen LogP contribution in [-0.4, -0.2) is 35.5 Å². The summed E-state index contributed by atoms with van der Waals surface area (Å²) < 4.78 is 5.82. The number of hydrogen-bond acceptors (Lipinski definition) is 5. The lowest BCUT2D eigenvalue weighted by Crippen LogP contribution is -2.50. The normalized spacial score (nSPS) is 15.8. The summed E-state index contributed by atoms with van der Waals surface area (Å²) in [6, 6.07) is 9.95. The Kier molecular flexibility index (Phi) is 6.54. The summed E-state index contributed by atoms with van der Waals surface area (Å²) in [5.41, 5.74) is -0.0165. The number of rotatable bonds is 4. The third-order valence-corrected chi connectivity index (χ3v) is 4.53. The van der Waals surface area contributed by atoms with Crippen LogP contribution in [0.1, 0.15) is 20.8 Å². The topological polar surface area (TPSA) is 83.6 Å². The number of carbonyl (C=O) groups excluding carboxylic acids is 2. The molecule has 0 fully saturated rings. The Morgan fingerprint density at radius 1 is 1.29 bits per heavy atom. The van der Waals surface area contributed by atoms with Gasteiger partial charge in [0.15, 0.2) is 5.60 Å². The molecule has 0 radical (unpaired) electrons. The number of nitrogens with zero attached hydrogens (tertiary/aromatic N) is 2. The van der Waals surface area contributed by atoms with Crippen LogP contribution in [0.25, 0.3) is 0 Å². The standard InChI is InChI=1S/C19H21ClN4O3.ClH/c1-11(21-4)16(25)22-15-9-8-14-17(23-15)27-19(2,3)18(26)24(14)13-7-5-6-12(20)10-13;/h5-11,21H,1-4H3,(H,22,23,25);1H. The molecule has 1 aliphatic heterocycles. The lowest BCUT2D eigenvalue weighted by atomic mass is 10.0. The second kappa shape index (κ2) is 8.34. The van der Waals surface area contributed by atoms with Crippen LogP contribution in [0.4, 0.5) is 17.2 Å². The van der Waals surface area contributed by atoms with Gasteiger partial charge in [0.1, 0.15) is 11.5 Å². The molecule has 9 heteroatoms. The molecule has 0 spiro atoms. The molecule has 0 aliphatic carbocycles. The highest BCUT2D eigenvalue weighted by atomic mass is 35.5. The number of hydrogen-bond donors (Lipinski definition) is 2. The highest BCUT2D eigenvalue weighted by Crippen LogP contribution is 2.41. The molecular formula is C19H22Cl2N4O3. The number of aromatic nitrogens is 1. The first kappa shape index (κ1) is 21.9. The monoisotopic (exact) mass is 424 g/mol. The minimum absolute atomic E-state index is 0. The van der Waals surface area contributed by atoms with Crippen LogP contribution in [0.5, 0.6) is 5.88 Å². The third kappa shape index (κ3) is 4.22. The largest absolute Gasteiger partial charge is 0.460 e. The highest BCUT2D eigenvalue weighted by molar-refractivity contribution is 6.31. The number of carbonyl (C=O) groups is 2. The fraction of sp³-hybridized carbons (Fsp3) is 0.316. The number of likely N-dealkylation sites (N-methyl/N-ethyl adjacent to an activating group) is 1. The van der Waals surface area contributed by atoms with Crippen LogP contribution in [-0.2, 0) is 9.59 Å². The molecule has 28 heavy (non-hydrogen) atoms. The molecule has 1 atom stereocenters. The predicted molar refractivity (Wildman–Crippen MR) is 112 cm³/mol. The first-order valence-corrected chi connectivity index (χ1v) is 8.89. The van der Waals surface area contributed by atoms with Gasteiger partial charge in [0.05, 0.1) is 11.7 Å². The van der Waals surface area contributed by atoms with Crippen molar-refractivity contribution in [1.29, 1.82) is 0 Å². The Bertz CT molecular complexity index is 904. The van der Waals surface area contributed by atoms with Gasteiger partial charge in [0.25, 0.3) is 5.91 Å². The molecule has 2 heterocycles. The van der Waals surface area contributed by atoms with Crippen LogP contribution in [0.3, 0.4) is 0 Å². The smallest absolute Gasteiger partial charge is 0.275 e. The van der Waals surface area contributed by atoms with E-state index >= 15 is 0 Å². The van der Waals surface area contributed by atoms with Crippen LogP contribution >= 0.6 is 24.0 Å². The van der Waals surface area contributed by atoms with E-state index in [2.05, 4.69) is 15.6 Å². The second-order valence-corrected chi connectivity index (χ2v) is 7.19. The first-order valence-electron chi connectivity index (χ1n) is 8.51. The molecule has 3 rings (SSSR count). The quantitative estimate of drug-likeness (QED) is 0.783. The molecule has 7 nitrogen and oxygen atoms in total. The minimum Gasteiger partial charge on any atom is -0.460 e. The van der Waals surface area contributed by atoms with Gasteiger partial charge < -0.3 is 15.4 Å². The van der Waals surface area contributed by atoms with Gasteiger partial charge in [-0.3, -0.25) is 14.5 Å². The highest BCUT2D eigenvalue weighted by Gasteiger charge is 2.42. The van der Waals surface area contributed by atoms with E-state index in [0.717, 1.165) is 0 Å². The molecule has 0 saturated carbocycles. The molecule has 1 unspecified atom stereocenters. The van der Waals surface area contributed by atoms with Gasteiger partial charge in [0, 0.05) is 5.02 Å². The van der Waals surface area contributed by atoms with Gasteiger partial charge in [0.2, 0.25) is 11.8 Å². The van der Waals surface area contributed by atoms with Gasteiger partial charge in [-0.1, -0.05) is 17.7 Å². The molecular weight excluding hydrogens is 403 g/mol. The zero-order chi connectivity index (χ0) is 19.8. The summed E-state index contributed by atoms with van der Waals surface area (Å²) in [5, 5.41) is 6.11. The van der Waals surface area contributed by atoms with Crippen molar-refractivity contribution < 1.29 is 14.3 Å². The van der Waals surface area contributed by atoms with Gasteiger partial charge in [-0.25, -0.2) is 0 Å². The van der Waals surface area contributed by atoms with E-state index < -0.39 is 5.60 Å².